The topological polar surface area (TPSA) is 25.2 Å². The van der Waals surface area contributed by atoms with E-state index in [1.807, 2.05) is 11.0 Å². The van der Waals surface area contributed by atoms with Crippen molar-refractivity contribution in [1.82, 2.24) is 9.47 Å². The van der Waals surface area contributed by atoms with Gasteiger partial charge in [-0.05, 0) is 41.8 Å². The Kier molecular flexibility index (Phi) is 3.16. The predicted octanol–water partition coefficient (Wildman–Crippen LogP) is 3.95. The number of amides is 1. The fraction of sp³-hybridized carbons (Fsp3) is 0.167. The van der Waals surface area contributed by atoms with Crippen LogP contribution >= 0.6 is 11.6 Å². The molecule has 1 aliphatic heterocycles. The van der Waals surface area contributed by atoms with Gasteiger partial charge in [0.25, 0.3) is 5.91 Å². The van der Waals surface area contributed by atoms with Crippen molar-refractivity contribution in [2.45, 2.75) is 13.1 Å². The van der Waals surface area contributed by atoms with Crippen LogP contribution in [0.5, 0.6) is 0 Å². The fourth-order valence-electron chi connectivity index (χ4n) is 3.11. The molecule has 4 rings (SSSR count). The molecule has 0 atom stereocenters. The largest absolute Gasteiger partial charge is 0.341 e. The highest BCUT2D eigenvalue weighted by Gasteiger charge is 2.23. The Hall–Kier alpha value is -2.26. The van der Waals surface area contributed by atoms with E-state index < -0.39 is 0 Å². The second-order valence-corrected chi connectivity index (χ2v) is 6.02. The summed E-state index contributed by atoms with van der Waals surface area (Å²) in [5.41, 5.74) is 3.12. The third kappa shape index (κ3) is 2.18. The summed E-state index contributed by atoms with van der Waals surface area (Å²) in [6.07, 6.45) is 0. The van der Waals surface area contributed by atoms with Crippen LogP contribution in [0.2, 0.25) is 5.02 Å². The molecule has 0 saturated heterocycles. The van der Waals surface area contributed by atoms with Gasteiger partial charge in [0, 0.05) is 34.9 Å². The van der Waals surface area contributed by atoms with Gasteiger partial charge in [-0.25, -0.2) is 0 Å². The van der Waals surface area contributed by atoms with Crippen molar-refractivity contribution in [1.29, 1.82) is 0 Å². The molecule has 3 aromatic rings. The maximum atomic E-state index is 12.6. The number of halogens is 1. The van der Waals surface area contributed by atoms with Gasteiger partial charge in [0.2, 0.25) is 0 Å². The minimum absolute atomic E-state index is 0.0631. The van der Waals surface area contributed by atoms with Gasteiger partial charge in [-0.2, -0.15) is 0 Å². The van der Waals surface area contributed by atoms with Crippen molar-refractivity contribution in [2.75, 3.05) is 6.54 Å². The highest BCUT2D eigenvalue weighted by Crippen LogP contribution is 2.25. The standard InChI is InChI=1S/C18H15ClN2O/c19-15-7-5-13(6-8-15)18(22)20-9-10-21-16(12-20)11-14-3-1-2-4-17(14)21/h1-8,11H,9-10,12H2. The minimum atomic E-state index is 0.0631. The maximum Gasteiger partial charge on any atom is 0.254 e. The van der Waals surface area contributed by atoms with Crippen LogP contribution in [0, 0.1) is 0 Å². The lowest BCUT2D eigenvalue weighted by Gasteiger charge is -2.29. The number of benzene rings is 2. The average molecular weight is 311 g/mol. The lowest BCUT2D eigenvalue weighted by atomic mass is 10.2. The molecule has 3 nitrogen and oxygen atoms in total. The number of fused-ring (bicyclic) bond motifs is 3. The number of aromatic nitrogens is 1. The Morgan fingerprint density at radius 2 is 1.77 bits per heavy atom. The molecule has 22 heavy (non-hydrogen) atoms. The number of para-hydroxylation sites is 1. The Bertz CT molecular complexity index is 851. The third-order valence-corrected chi connectivity index (χ3v) is 4.47. The Balaban J connectivity index is 1.64. The second-order valence-electron chi connectivity index (χ2n) is 5.58. The third-order valence-electron chi connectivity index (χ3n) is 4.22. The van der Waals surface area contributed by atoms with E-state index in [4.69, 9.17) is 11.6 Å². The molecule has 2 heterocycles. The van der Waals surface area contributed by atoms with Crippen molar-refractivity contribution in [3.8, 4) is 0 Å². The Morgan fingerprint density at radius 3 is 2.59 bits per heavy atom. The molecule has 0 saturated carbocycles. The molecule has 0 fully saturated rings. The van der Waals surface area contributed by atoms with Gasteiger partial charge in [0.05, 0.1) is 6.54 Å². The number of hydrogen-bond donors (Lipinski definition) is 0. The molecule has 0 spiro atoms. The molecule has 4 heteroatoms. The zero-order valence-corrected chi connectivity index (χ0v) is 12.8. The van der Waals surface area contributed by atoms with Gasteiger partial charge < -0.3 is 9.47 Å². The van der Waals surface area contributed by atoms with Gasteiger partial charge >= 0.3 is 0 Å². The molecule has 1 amide bonds. The van der Waals surface area contributed by atoms with Crippen LogP contribution in [-0.2, 0) is 13.1 Å². The summed E-state index contributed by atoms with van der Waals surface area (Å²) in [6.45, 7) is 2.21. The Labute approximate surface area is 133 Å². The van der Waals surface area contributed by atoms with Crippen molar-refractivity contribution in [2.24, 2.45) is 0 Å². The second kappa shape index (κ2) is 5.18. The summed E-state index contributed by atoms with van der Waals surface area (Å²) in [5, 5.41) is 1.88. The summed E-state index contributed by atoms with van der Waals surface area (Å²) in [5.74, 6) is 0.0631. The van der Waals surface area contributed by atoms with Crippen molar-refractivity contribution < 1.29 is 4.79 Å². The predicted molar refractivity (Wildman–Crippen MR) is 88.1 cm³/mol. The van der Waals surface area contributed by atoms with E-state index in [2.05, 4.69) is 28.8 Å². The van der Waals surface area contributed by atoms with E-state index in [1.54, 1.807) is 24.3 Å². The highest BCUT2D eigenvalue weighted by molar-refractivity contribution is 6.30. The zero-order chi connectivity index (χ0) is 15.1. The lowest BCUT2D eigenvalue weighted by Crippen LogP contribution is -2.38. The normalized spacial score (nSPS) is 14.1. The first-order valence-electron chi connectivity index (χ1n) is 7.34. The molecule has 0 bridgehead atoms. The van der Waals surface area contributed by atoms with E-state index in [0.717, 1.165) is 13.1 Å². The van der Waals surface area contributed by atoms with Crippen LogP contribution in [0.4, 0.5) is 0 Å². The highest BCUT2D eigenvalue weighted by atomic mass is 35.5. The van der Waals surface area contributed by atoms with Crippen LogP contribution in [0.3, 0.4) is 0 Å². The zero-order valence-electron chi connectivity index (χ0n) is 12.0. The lowest BCUT2D eigenvalue weighted by molar-refractivity contribution is 0.0712. The first-order valence-corrected chi connectivity index (χ1v) is 7.72. The molecular formula is C18H15ClN2O. The van der Waals surface area contributed by atoms with E-state index in [1.165, 1.54) is 16.6 Å². The number of hydrogen-bond acceptors (Lipinski definition) is 1. The van der Waals surface area contributed by atoms with E-state index in [9.17, 15) is 4.79 Å². The summed E-state index contributed by atoms with van der Waals surface area (Å²) < 4.78 is 2.31. The molecule has 0 N–H and O–H groups in total. The monoisotopic (exact) mass is 310 g/mol. The van der Waals surface area contributed by atoms with Gasteiger partial charge in [-0.1, -0.05) is 29.8 Å². The Morgan fingerprint density at radius 1 is 1.00 bits per heavy atom. The van der Waals surface area contributed by atoms with Gasteiger partial charge in [-0.3, -0.25) is 4.79 Å². The molecule has 0 unspecified atom stereocenters. The first kappa shape index (κ1) is 13.4. The SMILES string of the molecule is O=C(c1ccc(Cl)cc1)N1CCn2c(cc3ccccc32)C1. The van der Waals surface area contributed by atoms with Crippen LogP contribution in [0.15, 0.2) is 54.6 Å². The smallest absolute Gasteiger partial charge is 0.254 e. The van der Waals surface area contributed by atoms with Crippen molar-refractivity contribution in [3.63, 3.8) is 0 Å². The molecule has 1 aromatic heterocycles. The molecular weight excluding hydrogens is 296 g/mol. The quantitative estimate of drug-likeness (QED) is 0.668. The molecule has 2 aromatic carbocycles. The van der Waals surface area contributed by atoms with Gasteiger partial charge in [-0.15, -0.1) is 0 Å². The summed E-state index contributed by atoms with van der Waals surface area (Å²) in [6, 6.07) is 17.6. The summed E-state index contributed by atoms with van der Waals surface area (Å²) in [4.78, 5) is 14.5. The van der Waals surface area contributed by atoms with Gasteiger partial charge in [0.15, 0.2) is 0 Å². The van der Waals surface area contributed by atoms with Crippen molar-refractivity contribution in [3.05, 3.63) is 70.9 Å². The number of rotatable bonds is 1. The van der Waals surface area contributed by atoms with Crippen molar-refractivity contribution >= 4 is 28.4 Å². The van der Waals surface area contributed by atoms with Crippen LogP contribution in [0.1, 0.15) is 16.1 Å². The molecule has 0 aliphatic carbocycles. The maximum absolute atomic E-state index is 12.6. The first-order chi connectivity index (χ1) is 10.7. The van der Waals surface area contributed by atoms with E-state index >= 15 is 0 Å². The average Bonchev–Trinajstić information content (AvgIpc) is 2.92. The van der Waals surface area contributed by atoms with Gasteiger partial charge in [0.1, 0.15) is 0 Å². The van der Waals surface area contributed by atoms with E-state index in [-0.39, 0.29) is 5.91 Å². The van der Waals surface area contributed by atoms with Crippen LogP contribution < -0.4 is 0 Å². The summed E-state index contributed by atoms with van der Waals surface area (Å²) >= 11 is 5.89. The summed E-state index contributed by atoms with van der Waals surface area (Å²) in [7, 11) is 0. The number of nitrogens with zero attached hydrogens (tertiary/aromatic N) is 2. The molecule has 0 radical (unpaired) electrons. The van der Waals surface area contributed by atoms with E-state index in [0.29, 0.717) is 17.1 Å². The molecule has 1 aliphatic rings. The molecule has 110 valence electrons. The minimum Gasteiger partial charge on any atom is -0.341 e. The number of carbonyl (C=O) groups is 1. The number of carbonyl (C=O) groups excluding carboxylic acids is 1. The fourth-order valence-corrected chi connectivity index (χ4v) is 3.23. The van der Waals surface area contributed by atoms with Crippen LogP contribution in [0.25, 0.3) is 10.9 Å². The van der Waals surface area contributed by atoms with Crippen LogP contribution in [-0.4, -0.2) is 21.9 Å².